The summed E-state index contributed by atoms with van der Waals surface area (Å²) in [4.78, 5) is 12.0. The van der Waals surface area contributed by atoms with E-state index >= 15 is 0 Å². The highest BCUT2D eigenvalue weighted by molar-refractivity contribution is 5.46. The fraction of sp³-hybridized carbons (Fsp3) is 0.611. The molecule has 0 unspecified atom stereocenters. The Morgan fingerprint density at radius 1 is 1.00 bits per heavy atom. The lowest BCUT2D eigenvalue weighted by molar-refractivity contribution is -0.118. The van der Waals surface area contributed by atoms with Crippen LogP contribution in [0.5, 0.6) is 0 Å². The smallest absolute Gasteiger partial charge is 0.209 e. The highest BCUT2D eigenvalue weighted by Gasteiger charge is 1.94. The van der Waals surface area contributed by atoms with E-state index in [2.05, 4.69) is 52.8 Å². The number of hydrogen-bond acceptors (Lipinski definition) is 2. The van der Waals surface area contributed by atoms with Crippen molar-refractivity contribution in [1.82, 2.24) is 4.90 Å². The Morgan fingerprint density at radius 2 is 1.38 bits per heavy atom. The van der Waals surface area contributed by atoms with Crippen LogP contribution in [0.4, 0.5) is 0 Å². The van der Waals surface area contributed by atoms with Gasteiger partial charge in [0.05, 0.1) is 0 Å². The number of hydrogen-bond donors (Lipinski definition) is 1. The maximum Gasteiger partial charge on any atom is 0.209 e. The predicted molar refractivity (Wildman–Crippen MR) is 93.6 cm³/mol. The number of carbonyl (C=O) groups excluding carboxylic acids is 1. The lowest BCUT2D eigenvalue weighted by Crippen LogP contribution is -2.23. The van der Waals surface area contributed by atoms with Crippen molar-refractivity contribution in [2.75, 3.05) is 19.6 Å². The van der Waals surface area contributed by atoms with E-state index < -0.39 is 0 Å². The summed E-state index contributed by atoms with van der Waals surface area (Å²) in [5.41, 5.74) is 9.03. The van der Waals surface area contributed by atoms with Gasteiger partial charge in [-0.25, -0.2) is 0 Å². The minimum Gasteiger partial charge on any atom is -0.345 e. The van der Waals surface area contributed by atoms with Gasteiger partial charge in [0.25, 0.3) is 0 Å². The summed E-state index contributed by atoms with van der Waals surface area (Å²) in [6.07, 6.45) is 3.03. The number of aryl methyl sites for hydroxylation is 2. The first-order chi connectivity index (χ1) is 9.98. The molecule has 0 saturated heterocycles. The number of carbonyl (C=O) groups is 1. The molecular formula is C18H34N2O. The third-order valence-corrected chi connectivity index (χ3v) is 3.05. The van der Waals surface area contributed by atoms with E-state index in [9.17, 15) is 4.79 Å². The monoisotopic (exact) mass is 294 g/mol. The van der Waals surface area contributed by atoms with E-state index in [1.807, 2.05) is 6.92 Å². The second-order valence-corrected chi connectivity index (χ2v) is 5.07. The van der Waals surface area contributed by atoms with Gasteiger partial charge in [-0.1, -0.05) is 39.0 Å². The SMILES string of the molecule is CCCN(C=O)CCC.CCN.Cc1cccc(C)c1C. The zero-order valence-corrected chi connectivity index (χ0v) is 14.8. The van der Waals surface area contributed by atoms with Crippen LogP contribution in [-0.4, -0.2) is 30.9 Å². The summed E-state index contributed by atoms with van der Waals surface area (Å²) in [7, 11) is 0. The Labute approximate surface area is 131 Å². The number of rotatable bonds is 5. The van der Waals surface area contributed by atoms with Crippen molar-refractivity contribution in [1.29, 1.82) is 0 Å². The van der Waals surface area contributed by atoms with Crippen LogP contribution < -0.4 is 5.73 Å². The van der Waals surface area contributed by atoms with Gasteiger partial charge >= 0.3 is 0 Å². The summed E-state index contributed by atoms with van der Waals surface area (Å²) < 4.78 is 0. The van der Waals surface area contributed by atoms with Gasteiger partial charge < -0.3 is 10.6 Å². The van der Waals surface area contributed by atoms with Gasteiger partial charge in [0.2, 0.25) is 6.41 Å². The maximum absolute atomic E-state index is 10.2. The quantitative estimate of drug-likeness (QED) is 0.839. The van der Waals surface area contributed by atoms with Gasteiger partial charge in [0.1, 0.15) is 0 Å². The maximum atomic E-state index is 10.2. The Hall–Kier alpha value is -1.35. The fourth-order valence-electron chi connectivity index (χ4n) is 1.69. The van der Waals surface area contributed by atoms with Crippen LogP contribution in [0.25, 0.3) is 0 Å². The largest absolute Gasteiger partial charge is 0.345 e. The van der Waals surface area contributed by atoms with E-state index in [0.717, 1.165) is 38.9 Å². The standard InChI is InChI=1S/C9H12.C7H15NO.C2H7N/c1-7-5-4-6-8(2)9(7)3;1-3-5-8(7-9)6-4-2;1-2-3/h4-6H,1-3H3;7H,3-6H2,1-2H3;2-3H2,1H3. The molecule has 0 spiro atoms. The molecule has 0 bridgehead atoms. The van der Waals surface area contributed by atoms with Crippen molar-refractivity contribution >= 4 is 6.41 Å². The molecular weight excluding hydrogens is 260 g/mol. The van der Waals surface area contributed by atoms with Crippen LogP contribution in [-0.2, 0) is 4.79 Å². The van der Waals surface area contributed by atoms with Gasteiger partial charge in [-0.15, -0.1) is 0 Å². The van der Waals surface area contributed by atoms with Crippen LogP contribution in [0.3, 0.4) is 0 Å². The van der Waals surface area contributed by atoms with E-state index in [0.29, 0.717) is 0 Å². The Bertz CT molecular complexity index is 338. The van der Waals surface area contributed by atoms with E-state index in [1.54, 1.807) is 4.90 Å². The molecule has 1 rings (SSSR count). The summed E-state index contributed by atoms with van der Waals surface area (Å²) in [6, 6.07) is 6.38. The van der Waals surface area contributed by atoms with Crippen molar-refractivity contribution in [2.45, 2.75) is 54.4 Å². The molecule has 0 heterocycles. The second kappa shape index (κ2) is 15.0. The number of benzene rings is 1. The number of nitrogens with zero attached hydrogens (tertiary/aromatic N) is 1. The number of nitrogens with two attached hydrogens (primary N) is 1. The average Bonchev–Trinajstić information content (AvgIpc) is 2.46. The highest BCUT2D eigenvalue weighted by Crippen LogP contribution is 2.09. The zero-order valence-electron chi connectivity index (χ0n) is 14.8. The lowest BCUT2D eigenvalue weighted by atomic mass is 10.1. The molecule has 1 aromatic carbocycles. The minimum atomic E-state index is 0.750. The molecule has 3 heteroatoms. The van der Waals surface area contributed by atoms with E-state index in [-0.39, 0.29) is 0 Å². The molecule has 0 aromatic heterocycles. The average molecular weight is 294 g/mol. The molecule has 0 fully saturated rings. The second-order valence-electron chi connectivity index (χ2n) is 5.07. The molecule has 2 N–H and O–H groups in total. The van der Waals surface area contributed by atoms with Gasteiger partial charge in [0.15, 0.2) is 0 Å². The zero-order chi connectivity index (χ0) is 16.7. The molecule has 3 nitrogen and oxygen atoms in total. The van der Waals surface area contributed by atoms with E-state index in [4.69, 9.17) is 5.73 Å². The third kappa shape index (κ3) is 12.1. The van der Waals surface area contributed by atoms with E-state index in [1.165, 1.54) is 16.7 Å². The summed E-state index contributed by atoms with van der Waals surface area (Å²) in [5, 5.41) is 0. The molecule has 122 valence electrons. The Kier molecular flexibility index (Phi) is 15.7. The molecule has 0 aliphatic heterocycles. The van der Waals surface area contributed by atoms with Gasteiger partial charge in [0, 0.05) is 13.1 Å². The van der Waals surface area contributed by atoms with Crippen molar-refractivity contribution in [3.63, 3.8) is 0 Å². The first-order valence-corrected chi connectivity index (χ1v) is 7.90. The summed E-state index contributed by atoms with van der Waals surface area (Å²) in [5.74, 6) is 0. The molecule has 21 heavy (non-hydrogen) atoms. The van der Waals surface area contributed by atoms with Crippen molar-refractivity contribution in [3.8, 4) is 0 Å². The molecule has 0 saturated carbocycles. The molecule has 0 aliphatic rings. The van der Waals surface area contributed by atoms with Crippen LogP contribution in [0.15, 0.2) is 18.2 Å². The van der Waals surface area contributed by atoms with Crippen molar-refractivity contribution in [3.05, 3.63) is 34.9 Å². The topological polar surface area (TPSA) is 46.3 Å². The first kappa shape index (κ1) is 21.9. The molecule has 0 radical (unpaired) electrons. The molecule has 0 aliphatic carbocycles. The van der Waals surface area contributed by atoms with Gasteiger partial charge in [-0.2, -0.15) is 0 Å². The van der Waals surface area contributed by atoms with Crippen molar-refractivity contribution in [2.24, 2.45) is 5.73 Å². The summed E-state index contributed by atoms with van der Waals surface area (Å²) >= 11 is 0. The Balaban J connectivity index is 0. The van der Waals surface area contributed by atoms with Gasteiger partial charge in [-0.3, -0.25) is 4.79 Å². The predicted octanol–water partition coefficient (Wildman–Crippen LogP) is 3.84. The van der Waals surface area contributed by atoms with Crippen LogP contribution in [0, 0.1) is 20.8 Å². The lowest BCUT2D eigenvalue weighted by Gasteiger charge is -2.13. The van der Waals surface area contributed by atoms with Crippen LogP contribution >= 0.6 is 0 Å². The van der Waals surface area contributed by atoms with Crippen LogP contribution in [0.2, 0.25) is 0 Å². The third-order valence-electron chi connectivity index (χ3n) is 3.05. The fourth-order valence-corrected chi connectivity index (χ4v) is 1.69. The minimum absolute atomic E-state index is 0.750. The van der Waals surface area contributed by atoms with Crippen molar-refractivity contribution < 1.29 is 4.79 Å². The molecule has 1 aromatic rings. The first-order valence-electron chi connectivity index (χ1n) is 7.90. The molecule has 1 amide bonds. The molecule has 0 atom stereocenters. The Morgan fingerprint density at radius 3 is 1.62 bits per heavy atom. The normalized spacial score (nSPS) is 8.90. The number of amides is 1. The summed E-state index contributed by atoms with van der Waals surface area (Å²) in [6.45, 7) is 15.0. The highest BCUT2D eigenvalue weighted by atomic mass is 16.1. The van der Waals surface area contributed by atoms with Crippen LogP contribution in [0.1, 0.15) is 50.3 Å². The van der Waals surface area contributed by atoms with Gasteiger partial charge in [-0.05, 0) is 56.8 Å².